The number of carbonyl (C=O) groups is 1. The number of halogens is 2. The molecule has 0 unspecified atom stereocenters. The zero-order chi connectivity index (χ0) is 13.8. The molecule has 0 heterocycles. The first kappa shape index (κ1) is 14.1. The fourth-order valence-electron chi connectivity index (χ4n) is 1.53. The molecule has 19 heavy (non-hydrogen) atoms. The molecule has 0 atom stereocenters. The molecule has 2 aromatic rings. The molecule has 0 aliphatic rings. The van der Waals surface area contributed by atoms with Crippen molar-refractivity contribution in [2.24, 2.45) is 0 Å². The molecule has 2 aromatic carbocycles. The highest BCUT2D eigenvalue weighted by atomic mass is 79.9. The number of amides is 1. The third kappa shape index (κ3) is 3.56. The maximum absolute atomic E-state index is 12.0. The van der Waals surface area contributed by atoms with Crippen LogP contribution in [0.1, 0.15) is 15.9 Å². The first-order valence-electron chi connectivity index (χ1n) is 5.56. The van der Waals surface area contributed by atoms with Crippen molar-refractivity contribution in [2.75, 3.05) is 5.32 Å². The highest BCUT2D eigenvalue weighted by Gasteiger charge is 2.08. The number of carbonyl (C=O) groups excluding carboxylic acids is 1. The van der Waals surface area contributed by atoms with Crippen molar-refractivity contribution in [1.82, 2.24) is 0 Å². The zero-order valence-electron chi connectivity index (χ0n) is 9.86. The average Bonchev–Trinajstić information content (AvgIpc) is 2.42. The van der Waals surface area contributed by atoms with E-state index in [4.69, 9.17) is 16.7 Å². The Morgan fingerprint density at radius 2 is 1.89 bits per heavy atom. The van der Waals surface area contributed by atoms with Crippen LogP contribution in [0.4, 0.5) is 5.69 Å². The Labute approximate surface area is 124 Å². The molecule has 1 amide bonds. The maximum Gasteiger partial charge on any atom is 0.255 e. The lowest BCUT2D eigenvalue weighted by molar-refractivity contribution is 0.102. The molecule has 0 aliphatic heterocycles. The Kier molecular flexibility index (Phi) is 4.58. The van der Waals surface area contributed by atoms with Crippen molar-refractivity contribution in [3.8, 4) is 0 Å². The van der Waals surface area contributed by atoms with E-state index in [0.717, 1.165) is 5.56 Å². The summed E-state index contributed by atoms with van der Waals surface area (Å²) in [5.74, 6) is -0.214. The minimum absolute atomic E-state index is 0.0155. The third-order valence-corrected chi connectivity index (χ3v) is 3.79. The quantitative estimate of drug-likeness (QED) is 0.891. The van der Waals surface area contributed by atoms with Crippen LogP contribution in [0.5, 0.6) is 0 Å². The zero-order valence-corrected chi connectivity index (χ0v) is 12.2. The van der Waals surface area contributed by atoms with Gasteiger partial charge in [-0.25, -0.2) is 0 Å². The molecule has 2 N–H and O–H groups in total. The van der Waals surface area contributed by atoms with E-state index in [1.807, 2.05) is 0 Å². The summed E-state index contributed by atoms with van der Waals surface area (Å²) in [4.78, 5) is 12.0. The number of benzene rings is 2. The van der Waals surface area contributed by atoms with Crippen molar-refractivity contribution >= 4 is 39.1 Å². The van der Waals surface area contributed by atoms with Gasteiger partial charge in [-0.2, -0.15) is 0 Å². The summed E-state index contributed by atoms with van der Waals surface area (Å²) in [7, 11) is 0. The van der Waals surface area contributed by atoms with Crippen molar-refractivity contribution in [3.63, 3.8) is 0 Å². The van der Waals surface area contributed by atoms with E-state index in [1.165, 1.54) is 0 Å². The van der Waals surface area contributed by atoms with Gasteiger partial charge in [0.15, 0.2) is 0 Å². The normalized spacial score (nSPS) is 10.3. The van der Waals surface area contributed by atoms with E-state index in [0.29, 0.717) is 20.7 Å². The van der Waals surface area contributed by atoms with E-state index < -0.39 is 0 Å². The highest BCUT2D eigenvalue weighted by Crippen LogP contribution is 2.23. The Morgan fingerprint density at radius 1 is 1.21 bits per heavy atom. The van der Waals surface area contributed by atoms with E-state index >= 15 is 0 Å². The van der Waals surface area contributed by atoms with Gasteiger partial charge in [0.1, 0.15) is 0 Å². The van der Waals surface area contributed by atoms with Crippen LogP contribution in [-0.4, -0.2) is 11.0 Å². The lowest BCUT2D eigenvalue weighted by Crippen LogP contribution is -2.11. The standard InChI is InChI=1S/C14H11BrClNO2/c15-12-7-10(3-6-13(12)16)14(19)17-11-4-1-9(8-18)2-5-11/h1-7,18H,8H2,(H,17,19). The predicted molar refractivity (Wildman–Crippen MR) is 79.5 cm³/mol. The Morgan fingerprint density at radius 3 is 2.47 bits per heavy atom. The molecule has 0 saturated heterocycles. The van der Waals surface area contributed by atoms with Crippen LogP contribution < -0.4 is 5.32 Å². The topological polar surface area (TPSA) is 49.3 Å². The lowest BCUT2D eigenvalue weighted by Gasteiger charge is -2.07. The minimum Gasteiger partial charge on any atom is -0.392 e. The molecule has 0 saturated carbocycles. The molecule has 5 heteroatoms. The monoisotopic (exact) mass is 339 g/mol. The molecule has 0 spiro atoms. The van der Waals surface area contributed by atoms with Crippen LogP contribution >= 0.6 is 27.5 Å². The van der Waals surface area contributed by atoms with Crippen LogP contribution in [-0.2, 0) is 6.61 Å². The molecule has 0 aromatic heterocycles. The summed E-state index contributed by atoms with van der Waals surface area (Å²) < 4.78 is 0.678. The Bertz CT molecular complexity index is 599. The van der Waals surface area contributed by atoms with Crippen LogP contribution in [0, 0.1) is 0 Å². The van der Waals surface area contributed by atoms with E-state index in [9.17, 15) is 4.79 Å². The van der Waals surface area contributed by atoms with Gasteiger partial charge >= 0.3 is 0 Å². The first-order valence-corrected chi connectivity index (χ1v) is 6.73. The van der Waals surface area contributed by atoms with Crippen LogP contribution in [0.2, 0.25) is 5.02 Å². The Balaban J connectivity index is 2.13. The summed E-state index contributed by atoms with van der Waals surface area (Å²) in [6.45, 7) is -0.0155. The SMILES string of the molecule is O=C(Nc1ccc(CO)cc1)c1ccc(Cl)c(Br)c1. The summed E-state index contributed by atoms with van der Waals surface area (Å²) in [6.07, 6.45) is 0. The molecule has 0 fully saturated rings. The number of hydrogen-bond acceptors (Lipinski definition) is 2. The number of aliphatic hydroxyl groups excluding tert-OH is 1. The molecule has 98 valence electrons. The molecule has 0 bridgehead atoms. The van der Waals surface area contributed by atoms with Crippen molar-refractivity contribution in [1.29, 1.82) is 0 Å². The van der Waals surface area contributed by atoms with Gasteiger partial charge in [0.25, 0.3) is 5.91 Å². The van der Waals surface area contributed by atoms with Gasteiger partial charge in [0.05, 0.1) is 11.6 Å². The number of aliphatic hydroxyl groups is 1. The minimum atomic E-state index is -0.214. The van der Waals surface area contributed by atoms with E-state index in [1.54, 1.807) is 42.5 Å². The predicted octanol–water partition coefficient (Wildman–Crippen LogP) is 3.85. The van der Waals surface area contributed by atoms with E-state index in [2.05, 4.69) is 21.2 Å². The summed E-state index contributed by atoms with van der Waals surface area (Å²) in [6, 6.07) is 12.0. The fourth-order valence-corrected chi connectivity index (χ4v) is 2.03. The van der Waals surface area contributed by atoms with Gasteiger partial charge < -0.3 is 10.4 Å². The van der Waals surface area contributed by atoms with Crippen LogP contribution in [0.3, 0.4) is 0 Å². The summed E-state index contributed by atoms with van der Waals surface area (Å²) in [5.41, 5.74) is 1.99. The summed E-state index contributed by atoms with van der Waals surface area (Å²) in [5, 5.41) is 12.3. The van der Waals surface area contributed by atoms with Gasteiger partial charge in [-0.15, -0.1) is 0 Å². The molecule has 0 radical (unpaired) electrons. The number of hydrogen-bond donors (Lipinski definition) is 2. The number of rotatable bonds is 3. The van der Waals surface area contributed by atoms with Crippen LogP contribution in [0.25, 0.3) is 0 Å². The largest absolute Gasteiger partial charge is 0.392 e. The Hall–Kier alpha value is -1.36. The highest BCUT2D eigenvalue weighted by molar-refractivity contribution is 9.10. The van der Waals surface area contributed by atoms with Gasteiger partial charge in [-0.05, 0) is 51.8 Å². The second kappa shape index (κ2) is 6.19. The number of anilines is 1. The van der Waals surface area contributed by atoms with Gasteiger partial charge in [0.2, 0.25) is 0 Å². The number of nitrogens with one attached hydrogen (secondary N) is 1. The summed E-state index contributed by atoms with van der Waals surface area (Å²) >= 11 is 9.16. The molecule has 0 aliphatic carbocycles. The van der Waals surface area contributed by atoms with Crippen molar-refractivity contribution in [2.45, 2.75) is 6.61 Å². The lowest BCUT2D eigenvalue weighted by atomic mass is 10.2. The molecular formula is C14H11BrClNO2. The van der Waals surface area contributed by atoms with Gasteiger partial charge in [0, 0.05) is 15.7 Å². The van der Waals surface area contributed by atoms with E-state index in [-0.39, 0.29) is 12.5 Å². The average molecular weight is 341 g/mol. The van der Waals surface area contributed by atoms with Crippen molar-refractivity contribution < 1.29 is 9.90 Å². The molecule has 3 nitrogen and oxygen atoms in total. The fraction of sp³-hybridized carbons (Fsp3) is 0.0714. The van der Waals surface area contributed by atoms with Crippen LogP contribution in [0.15, 0.2) is 46.9 Å². The first-order chi connectivity index (χ1) is 9.10. The third-order valence-electron chi connectivity index (χ3n) is 2.58. The van der Waals surface area contributed by atoms with Crippen molar-refractivity contribution in [3.05, 3.63) is 63.1 Å². The van der Waals surface area contributed by atoms with Gasteiger partial charge in [-0.1, -0.05) is 23.7 Å². The molecular weight excluding hydrogens is 330 g/mol. The second-order valence-corrected chi connectivity index (χ2v) is 5.20. The maximum atomic E-state index is 12.0. The second-order valence-electron chi connectivity index (χ2n) is 3.94. The van der Waals surface area contributed by atoms with Gasteiger partial charge in [-0.3, -0.25) is 4.79 Å². The smallest absolute Gasteiger partial charge is 0.255 e. The molecule has 2 rings (SSSR count).